The predicted molar refractivity (Wildman–Crippen MR) is 110 cm³/mol. The fourth-order valence-electron chi connectivity index (χ4n) is 2.45. The van der Waals surface area contributed by atoms with Crippen LogP contribution >= 0.6 is 0 Å². The van der Waals surface area contributed by atoms with Gasteiger partial charge in [0.15, 0.2) is 0 Å². The number of carbonyl (C=O) groups is 1. The number of benzene rings is 2. The van der Waals surface area contributed by atoms with Crippen molar-refractivity contribution in [3.05, 3.63) is 90.3 Å². The predicted octanol–water partition coefficient (Wildman–Crippen LogP) is 4.70. The lowest BCUT2D eigenvalue weighted by atomic mass is 10.2. The van der Waals surface area contributed by atoms with E-state index in [4.69, 9.17) is 9.47 Å². The summed E-state index contributed by atoms with van der Waals surface area (Å²) >= 11 is 0. The van der Waals surface area contributed by atoms with E-state index in [1.807, 2.05) is 79.7 Å². The SMILES string of the molecule is CN(C)c1ccc(/C=C/C(=O)OCc2ccc(Oc3cccnc3)cc2)cc1. The fourth-order valence-corrected chi connectivity index (χ4v) is 2.45. The average Bonchev–Trinajstić information content (AvgIpc) is 2.73. The molecule has 0 fully saturated rings. The maximum atomic E-state index is 11.9. The third kappa shape index (κ3) is 5.71. The zero-order chi connectivity index (χ0) is 19.8. The summed E-state index contributed by atoms with van der Waals surface area (Å²) in [6, 6.07) is 19.0. The molecule has 0 amide bonds. The Balaban J connectivity index is 1.48. The lowest BCUT2D eigenvalue weighted by Crippen LogP contribution is -2.07. The van der Waals surface area contributed by atoms with Gasteiger partial charge in [-0.2, -0.15) is 0 Å². The number of pyridine rings is 1. The zero-order valence-corrected chi connectivity index (χ0v) is 15.9. The van der Waals surface area contributed by atoms with E-state index in [0.717, 1.165) is 16.8 Å². The highest BCUT2D eigenvalue weighted by atomic mass is 16.5. The van der Waals surface area contributed by atoms with Crippen LogP contribution in [-0.2, 0) is 16.1 Å². The Kier molecular flexibility index (Phi) is 6.41. The van der Waals surface area contributed by atoms with Crippen LogP contribution in [0, 0.1) is 0 Å². The van der Waals surface area contributed by atoms with Crippen molar-refractivity contribution in [1.82, 2.24) is 4.98 Å². The molecule has 2 aromatic carbocycles. The molecule has 0 aliphatic carbocycles. The molecule has 0 spiro atoms. The smallest absolute Gasteiger partial charge is 0.331 e. The van der Waals surface area contributed by atoms with Crippen LogP contribution in [0.15, 0.2) is 79.1 Å². The molecule has 0 aliphatic heterocycles. The second kappa shape index (κ2) is 9.37. The first-order chi connectivity index (χ1) is 13.6. The highest BCUT2D eigenvalue weighted by Crippen LogP contribution is 2.20. The van der Waals surface area contributed by atoms with Gasteiger partial charge in [0.25, 0.3) is 0 Å². The number of hydrogen-bond acceptors (Lipinski definition) is 5. The number of aromatic nitrogens is 1. The molecule has 0 aliphatic rings. The summed E-state index contributed by atoms with van der Waals surface area (Å²) in [5, 5.41) is 0. The molecule has 3 rings (SSSR count). The maximum Gasteiger partial charge on any atom is 0.331 e. The van der Waals surface area contributed by atoms with Gasteiger partial charge in [-0.3, -0.25) is 4.98 Å². The van der Waals surface area contributed by atoms with Crippen molar-refractivity contribution in [3.63, 3.8) is 0 Å². The number of ether oxygens (including phenoxy) is 2. The average molecular weight is 374 g/mol. The Morgan fingerprint density at radius 2 is 1.75 bits per heavy atom. The van der Waals surface area contributed by atoms with Gasteiger partial charge in [0.2, 0.25) is 0 Å². The molecule has 1 heterocycles. The van der Waals surface area contributed by atoms with E-state index in [2.05, 4.69) is 4.98 Å². The summed E-state index contributed by atoms with van der Waals surface area (Å²) in [5.41, 5.74) is 2.94. The molecule has 0 atom stereocenters. The minimum atomic E-state index is -0.382. The van der Waals surface area contributed by atoms with Crippen LogP contribution in [-0.4, -0.2) is 25.0 Å². The minimum Gasteiger partial charge on any atom is -0.458 e. The van der Waals surface area contributed by atoms with Crippen LogP contribution in [0.3, 0.4) is 0 Å². The van der Waals surface area contributed by atoms with E-state index in [1.165, 1.54) is 6.08 Å². The normalized spacial score (nSPS) is 10.6. The second-order valence-corrected chi connectivity index (χ2v) is 6.36. The molecule has 0 unspecified atom stereocenters. The van der Waals surface area contributed by atoms with E-state index in [1.54, 1.807) is 18.5 Å². The Labute approximate surface area is 164 Å². The van der Waals surface area contributed by atoms with Crippen LogP contribution < -0.4 is 9.64 Å². The van der Waals surface area contributed by atoms with Gasteiger partial charge in [-0.05, 0) is 53.6 Å². The fraction of sp³-hybridized carbons (Fsp3) is 0.130. The van der Waals surface area contributed by atoms with Gasteiger partial charge in [0.05, 0.1) is 6.20 Å². The quantitative estimate of drug-likeness (QED) is 0.443. The molecular weight excluding hydrogens is 352 g/mol. The Morgan fingerprint density at radius 3 is 2.39 bits per heavy atom. The second-order valence-electron chi connectivity index (χ2n) is 6.36. The molecule has 3 aromatic rings. The summed E-state index contributed by atoms with van der Waals surface area (Å²) in [6.07, 6.45) is 6.52. The highest BCUT2D eigenvalue weighted by Gasteiger charge is 2.02. The zero-order valence-electron chi connectivity index (χ0n) is 15.9. The largest absolute Gasteiger partial charge is 0.458 e. The first kappa shape index (κ1) is 19.2. The van der Waals surface area contributed by atoms with Gasteiger partial charge in [-0.15, -0.1) is 0 Å². The van der Waals surface area contributed by atoms with Crippen LogP contribution in [0.1, 0.15) is 11.1 Å². The van der Waals surface area contributed by atoms with Crippen molar-refractivity contribution < 1.29 is 14.3 Å². The van der Waals surface area contributed by atoms with Crippen molar-refractivity contribution in [2.45, 2.75) is 6.61 Å². The van der Waals surface area contributed by atoms with E-state index >= 15 is 0 Å². The molecule has 5 heteroatoms. The lowest BCUT2D eigenvalue weighted by Gasteiger charge is -2.11. The summed E-state index contributed by atoms with van der Waals surface area (Å²) in [4.78, 5) is 18.0. The molecule has 0 N–H and O–H groups in total. The van der Waals surface area contributed by atoms with Gasteiger partial charge in [-0.25, -0.2) is 4.79 Å². The molecule has 0 bridgehead atoms. The molecule has 0 radical (unpaired) electrons. The number of rotatable bonds is 7. The summed E-state index contributed by atoms with van der Waals surface area (Å²) in [7, 11) is 3.97. The third-order valence-corrected chi connectivity index (χ3v) is 4.00. The molecular formula is C23H22N2O3. The summed E-state index contributed by atoms with van der Waals surface area (Å²) in [6.45, 7) is 0.204. The first-order valence-corrected chi connectivity index (χ1v) is 8.89. The minimum absolute atomic E-state index is 0.204. The topological polar surface area (TPSA) is 51.7 Å². The van der Waals surface area contributed by atoms with Gasteiger partial charge >= 0.3 is 5.97 Å². The van der Waals surface area contributed by atoms with Crippen molar-refractivity contribution in [3.8, 4) is 11.5 Å². The lowest BCUT2D eigenvalue weighted by molar-refractivity contribution is -0.138. The number of esters is 1. The molecule has 1 aromatic heterocycles. The van der Waals surface area contributed by atoms with Gasteiger partial charge in [-0.1, -0.05) is 24.3 Å². The Hall–Kier alpha value is -3.60. The number of nitrogens with zero attached hydrogens (tertiary/aromatic N) is 2. The van der Waals surface area contributed by atoms with Crippen molar-refractivity contribution >= 4 is 17.7 Å². The van der Waals surface area contributed by atoms with Gasteiger partial charge in [0.1, 0.15) is 18.1 Å². The van der Waals surface area contributed by atoms with Crippen molar-refractivity contribution in [1.29, 1.82) is 0 Å². The Bertz CT molecular complexity index is 918. The third-order valence-electron chi connectivity index (χ3n) is 4.00. The summed E-state index contributed by atoms with van der Waals surface area (Å²) < 4.78 is 11.0. The monoisotopic (exact) mass is 374 g/mol. The van der Waals surface area contributed by atoms with Crippen LogP contribution in [0.25, 0.3) is 6.08 Å². The van der Waals surface area contributed by atoms with Gasteiger partial charge < -0.3 is 14.4 Å². The highest BCUT2D eigenvalue weighted by molar-refractivity contribution is 5.87. The number of anilines is 1. The first-order valence-electron chi connectivity index (χ1n) is 8.89. The van der Waals surface area contributed by atoms with Crippen molar-refractivity contribution in [2.24, 2.45) is 0 Å². The molecule has 5 nitrogen and oxygen atoms in total. The Morgan fingerprint density at radius 1 is 1.00 bits per heavy atom. The molecule has 0 saturated heterocycles. The summed E-state index contributed by atoms with van der Waals surface area (Å²) in [5.74, 6) is 0.988. The van der Waals surface area contributed by atoms with E-state index in [9.17, 15) is 4.79 Å². The van der Waals surface area contributed by atoms with Gasteiger partial charge in [0, 0.05) is 32.1 Å². The van der Waals surface area contributed by atoms with Crippen molar-refractivity contribution in [2.75, 3.05) is 19.0 Å². The number of hydrogen-bond donors (Lipinski definition) is 0. The van der Waals surface area contributed by atoms with E-state index in [0.29, 0.717) is 11.5 Å². The molecule has 0 saturated carbocycles. The maximum absolute atomic E-state index is 11.9. The van der Waals surface area contributed by atoms with Crippen LogP contribution in [0.2, 0.25) is 0 Å². The van der Waals surface area contributed by atoms with Crippen LogP contribution in [0.4, 0.5) is 5.69 Å². The van der Waals surface area contributed by atoms with Crippen LogP contribution in [0.5, 0.6) is 11.5 Å². The van der Waals surface area contributed by atoms with E-state index in [-0.39, 0.29) is 12.6 Å². The molecule has 142 valence electrons. The molecule has 28 heavy (non-hydrogen) atoms. The standard InChI is InChI=1S/C23H22N2O3/c1-25(2)20-10-5-18(6-11-20)9-14-23(26)27-17-19-7-12-21(13-8-19)28-22-4-3-15-24-16-22/h3-16H,17H2,1-2H3/b14-9+. The number of carbonyl (C=O) groups excluding carboxylic acids is 1. The van der Waals surface area contributed by atoms with E-state index < -0.39 is 0 Å².